The van der Waals surface area contributed by atoms with Crippen LogP contribution in [0.2, 0.25) is 0 Å². The number of aliphatic hydroxyl groups excluding tert-OH is 1. The third kappa shape index (κ3) is 15.0. The Morgan fingerprint density at radius 1 is 0.755 bits per heavy atom. The van der Waals surface area contributed by atoms with Crippen molar-refractivity contribution in [1.82, 2.24) is 21.3 Å². The predicted molar refractivity (Wildman–Crippen MR) is 191 cm³/mol. The SMILES string of the molecule is CCC(C)[C@H](NC(=O)Cc1ccc(NC(=O)Nc2ccccc2C)cc1)C(=O)N[C@@H](CCCC(=O)O)C(=O)N[C@@H](CO)C(=O)N[C@@H](CC(=O)O)C(N)=O. The Balaban J connectivity index is 2.12. The first-order chi connectivity index (χ1) is 25.0. The van der Waals surface area contributed by atoms with E-state index in [0.717, 1.165) is 5.56 Å². The van der Waals surface area contributed by atoms with Crippen molar-refractivity contribution in [3.8, 4) is 0 Å². The lowest BCUT2D eigenvalue weighted by Crippen LogP contribution is -2.59. The molecule has 2 rings (SSSR count). The molecule has 0 saturated carbocycles. The fraction of sp³-hybridized carbons (Fsp3) is 0.429. The molecule has 0 aromatic heterocycles. The van der Waals surface area contributed by atoms with Gasteiger partial charge in [0.2, 0.25) is 29.5 Å². The molecule has 2 aromatic rings. The van der Waals surface area contributed by atoms with Gasteiger partial charge in [-0.05, 0) is 55.0 Å². The Kier molecular flexibility index (Phi) is 17.4. The number of benzene rings is 2. The van der Waals surface area contributed by atoms with Crippen molar-refractivity contribution >= 4 is 58.9 Å². The van der Waals surface area contributed by atoms with E-state index in [9.17, 15) is 43.5 Å². The minimum atomic E-state index is -1.70. The van der Waals surface area contributed by atoms with Gasteiger partial charge < -0.3 is 53.0 Å². The lowest BCUT2D eigenvalue weighted by molar-refractivity contribution is -0.140. The van der Waals surface area contributed by atoms with Crippen molar-refractivity contribution in [2.45, 2.75) is 83.5 Å². The van der Waals surface area contributed by atoms with Crippen molar-refractivity contribution < 1.29 is 53.7 Å². The monoisotopic (exact) mass is 741 g/mol. The maximum Gasteiger partial charge on any atom is 0.323 e. The van der Waals surface area contributed by atoms with Gasteiger partial charge in [0, 0.05) is 17.8 Å². The normalized spacial score (nSPS) is 13.5. The number of nitrogens with two attached hydrogens (primary N) is 1. The van der Waals surface area contributed by atoms with E-state index in [4.69, 9.17) is 15.9 Å². The largest absolute Gasteiger partial charge is 0.481 e. The summed E-state index contributed by atoms with van der Waals surface area (Å²) in [5, 5.41) is 42.8. The van der Waals surface area contributed by atoms with Crippen LogP contribution in [-0.4, -0.2) is 93.6 Å². The van der Waals surface area contributed by atoms with Crippen molar-refractivity contribution in [2.75, 3.05) is 17.2 Å². The van der Waals surface area contributed by atoms with E-state index in [1.54, 1.807) is 50.2 Å². The number of primary amides is 1. The van der Waals surface area contributed by atoms with Crippen LogP contribution >= 0.6 is 0 Å². The highest BCUT2D eigenvalue weighted by atomic mass is 16.4. The van der Waals surface area contributed by atoms with Crippen molar-refractivity contribution in [3.63, 3.8) is 0 Å². The number of carbonyl (C=O) groups excluding carboxylic acids is 6. The van der Waals surface area contributed by atoms with E-state index in [2.05, 4.69) is 26.6 Å². The molecule has 7 amide bonds. The summed E-state index contributed by atoms with van der Waals surface area (Å²) >= 11 is 0. The fourth-order valence-electron chi connectivity index (χ4n) is 4.94. The van der Waals surface area contributed by atoms with Crippen LogP contribution in [0, 0.1) is 12.8 Å². The van der Waals surface area contributed by atoms with Gasteiger partial charge in [0.15, 0.2) is 0 Å². The Morgan fingerprint density at radius 3 is 1.92 bits per heavy atom. The Labute approximate surface area is 305 Å². The number of carbonyl (C=O) groups is 8. The molecule has 0 heterocycles. The summed E-state index contributed by atoms with van der Waals surface area (Å²) in [5.74, 6) is -7.67. The lowest BCUT2D eigenvalue weighted by atomic mass is 9.97. The predicted octanol–water partition coefficient (Wildman–Crippen LogP) is 0.374. The molecular formula is C35H47N7O11. The third-order valence-corrected chi connectivity index (χ3v) is 8.15. The maximum atomic E-state index is 13.6. The van der Waals surface area contributed by atoms with Gasteiger partial charge in [-0.15, -0.1) is 0 Å². The number of amides is 7. The number of aryl methyl sites for hydroxylation is 1. The molecule has 0 aliphatic heterocycles. The number of carboxylic acids is 2. The zero-order chi connectivity index (χ0) is 39.7. The minimum absolute atomic E-state index is 0.0786. The second-order valence-corrected chi connectivity index (χ2v) is 12.4. The summed E-state index contributed by atoms with van der Waals surface area (Å²) in [6.07, 6.45) is -1.22. The second kappa shape index (κ2) is 21.4. The van der Waals surface area contributed by atoms with E-state index in [1.165, 1.54) is 0 Å². The van der Waals surface area contributed by atoms with E-state index >= 15 is 0 Å². The molecule has 0 saturated heterocycles. The molecule has 0 radical (unpaired) electrons. The van der Waals surface area contributed by atoms with Crippen LogP contribution < -0.4 is 37.6 Å². The summed E-state index contributed by atoms with van der Waals surface area (Å²) in [7, 11) is 0. The lowest BCUT2D eigenvalue weighted by Gasteiger charge is -2.27. The van der Waals surface area contributed by atoms with Gasteiger partial charge in [0.05, 0.1) is 19.4 Å². The van der Waals surface area contributed by atoms with Gasteiger partial charge in [0.1, 0.15) is 24.2 Å². The Hall–Kier alpha value is -6.04. The van der Waals surface area contributed by atoms with Crippen LogP contribution in [0.3, 0.4) is 0 Å². The van der Waals surface area contributed by atoms with Gasteiger partial charge in [0.25, 0.3) is 0 Å². The highest BCUT2D eigenvalue weighted by molar-refractivity contribution is 6.00. The molecule has 0 spiro atoms. The van der Waals surface area contributed by atoms with Crippen LogP contribution in [0.5, 0.6) is 0 Å². The number of hydrogen-bond donors (Lipinski definition) is 10. The third-order valence-electron chi connectivity index (χ3n) is 8.15. The summed E-state index contributed by atoms with van der Waals surface area (Å²) in [6, 6.07) is 7.38. The first-order valence-electron chi connectivity index (χ1n) is 16.8. The minimum Gasteiger partial charge on any atom is -0.481 e. The van der Waals surface area contributed by atoms with Gasteiger partial charge >= 0.3 is 18.0 Å². The van der Waals surface area contributed by atoms with Gasteiger partial charge in [-0.2, -0.15) is 0 Å². The van der Waals surface area contributed by atoms with E-state index in [-0.39, 0.29) is 25.7 Å². The van der Waals surface area contributed by atoms with E-state index in [0.29, 0.717) is 23.4 Å². The molecule has 0 aliphatic carbocycles. The Bertz CT molecular complexity index is 1630. The van der Waals surface area contributed by atoms with Crippen molar-refractivity contribution in [1.29, 1.82) is 0 Å². The highest BCUT2D eigenvalue weighted by Gasteiger charge is 2.32. The fourth-order valence-corrected chi connectivity index (χ4v) is 4.94. The number of anilines is 2. The summed E-state index contributed by atoms with van der Waals surface area (Å²) in [6.45, 7) is 4.35. The number of aliphatic hydroxyl groups is 1. The number of hydrogen-bond acceptors (Lipinski definition) is 9. The number of para-hydroxylation sites is 1. The van der Waals surface area contributed by atoms with Crippen LogP contribution in [0.15, 0.2) is 48.5 Å². The number of carboxylic acid groups (broad SMARTS) is 2. The number of urea groups is 1. The first kappa shape index (κ1) is 43.1. The van der Waals surface area contributed by atoms with Crippen LogP contribution in [0.1, 0.15) is 57.1 Å². The van der Waals surface area contributed by atoms with Crippen LogP contribution in [-0.2, 0) is 40.0 Å². The summed E-state index contributed by atoms with van der Waals surface area (Å²) in [4.78, 5) is 98.8. The summed E-state index contributed by atoms with van der Waals surface area (Å²) in [5.41, 5.74) is 7.71. The molecular weight excluding hydrogens is 694 g/mol. The molecule has 2 aromatic carbocycles. The number of nitrogens with one attached hydrogen (secondary N) is 6. The summed E-state index contributed by atoms with van der Waals surface area (Å²) < 4.78 is 0. The molecule has 53 heavy (non-hydrogen) atoms. The van der Waals surface area contributed by atoms with Gasteiger partial charge in [-0.25, -0.2) is 4.79 Å². The molecule has 0 fully saturated rings. The van der Waals surface area contributed by atoms with E-state index < -0.39 is 90.6 Å². The zero-order valence-corrected chi connectivity index (χ0v) is 29.6. The van der Waals surface area contributed by atoms with Gasteiger partial charge in [-0.3, -0.25) is 33.6 Å². The molecule has 5 atom stereocenters. The smallest absolute Gasteiger partial charge is 0.323 e. The first-order valence-corrected chi connectivity index (χ1v) is 16.8. The molecule has 18 nitrogen and oxygen atoms in total. The standard InChI is InChI=1S/C35H47N7O11/c1-4-19(2)30(42-27(44)16-21-12-14-22(15-13-21)37-35(53)41-23-9-6-5-8-20(23)3)34(52)38-24(10-7-11-28(45)46)32(50)40-26(18-43)33(51)39-25(31(36)49)17-29(47)48/h5-6,8-9,12-15,19,24-26,30,43H,4,7,10-11,16-18H2,1-3H3,(H2,36,49)(H,38,52)(H,39,51)(H,40,50)(H,42,44)(H,45,46)(H,47,48)(H2,37,41,53)/t19?,24-,25-,26-,30-/m0/s1. The average Bonchev–Trinajstić information content (AvgIpc) is 3.09. The maximum absolute atomic E-state index is 13.6. The zero-order valence-electron chi connectivity index (χ0n) is 29.6. The molecule has 1 unspecified atom stereocenters. The molecule has 0 aliphatic rings. The van der Waals surface area contributed by atoms with Crippen LogP contribution in [0.4, 0.5) is 16.2 Å². The molecule has 11 N–H and O–H groups in total. The van der Waals surface area contributed by atoms with E-state index in [1.807, 2.05) is 24.4 Å². The molecule has 288 valence electrons. The van der Waals surface area contributed by atoms with Crippen molar-refractivity contribution in [3.05, 3.63) is 59.7 Å². The Morgan fingerprint density at radius 2 is 1.36 bits per heavy atom. The van der Waals surface area contributed by atoms with Crippen molar-refractivity contribution in [2.24, 2.45) is 11.7 Å². The van der Waals surface area contributed by atoms with Crippen LogP contribution in [0.25, 0.3) is 0 Å². The van der Waals surface area contributed by atoms with Gasteiger partial charge in [-0.1, -0.05) is 50.6 Å². The topological polar surface area (TPSA) is 295 Å². The quantitative estimate of drug-likeness (QED) is 0.0834. The number of aliphatic carboxylic acids is 2. The average molecular weight is 742 g/mol. The molecule has 18 heteroatoms. The number of rotatable bonds is 21. The molecule has 0 bridgehead atoms. The second-order valence-electron chi connectivity index (χ2n) is 12.4. The highest BCUT2D eigenvalue weighted by Crippen LogP contribution is 2.16.